The molecule has 1 unspecified atom stereocenters. The number of likely N-dealkylation sites (tertiary alicyclic amines) is 1. The van der Waals surface area contributed by atoms with Gasteiger partial charge in [-0.05, 0) is 45.2 Å². The number of ether oxygens (including phenoxy) is 2. The highest BCUT2D eigenvalue weighted by atomic mass is 16.5. The maximum atomic E-state index is 12.0. The fraction of sp³-hybridized carbons (Fsp3) is 0.619. The second-order valence-corrected chi connectivity index (χ2v) is 6.73. The van der Waals surface area contributed by atoms with Gasteiger partial charge in [-0.1, -0.05) is 6.92 Å². The molecule has 0 radical (unpaired) electrons. The fourth-order valence-corrected chi connectivity index (χ4v) is 3.43. The summed E-state index contributed by atoms with van der Waals surface area (Å²) in [5.41, 5.74) is 0.880. The van der Waals surface area contributed by atoms with Gasteiger partial charge in [0.15, 0.2) is 17.5 Å². The molecule has 7 heteroatoms. The van der Waals surface area contributed by atoms with Crippen molar-refractivity contribution in [3.8, 4) is 11.5 Å². The first-order chi connectivity index (χ1) is 13.6. The first-order valence-corrected chi connectivity index (χ1v) is 10.3. The normalized spacial score (nSPS) is 15.5. The summed E-state index contributed by atoms with van der Waals surface area (Å²) < 4.78 is 11.0. The van der Waals surface area contributed by atoms with E-state index in [1.807, 2.05) is 36.9 Å². The van der Waals surface area contributed by atoms with E-state index < -0.39 is 0 Å². The maximum absolute atomic E-state index is 12.0. The van der Waals surface area contributed by atoms with Crippen LogP contribution in [0.1, 0.15) is 46.5 Å². The molecule has 1 aliphatic heterocycles. The van der Waals surface area contributed by atoms with Gasteiger partial charge in [0, 0.05) is 43.9 Å². The fourth-order valence-electron chi connectivity index (χ4n) is 3.43. The highest BCUT2D eigenvalue weighted by molar-refractivity contribution is 5.93. The van der Waals surface area contributed by atoms with Crippen molar-refractivity contribution in [3.05, 3.63) is 18.2 Å². The van der Waals surface area contributed by atoms with E-state index in [1.165, 1.54) is 0 Å². The van der Waals surface area contributed by atoms with E-state index in [0.717, 1.165) is 44.0 Å². The summed E-state index contributed by atoms with van der Waals surface area (Å²) >= 11 is 0. The number of hydrogen-bond acceptors (Lipinski definition) is 4. The molecule has 0 aromatic heterocycles. The summed E-state index contributed by atoms with van der Waals surface area (Å²) in [6.45, 7) is 8.99. The second-order valence-electron chi connectivity index (χ2n) is 6.73. The van der Waals surface area contributed by atoms with Gasteiger partial charge in [-0.25, -0.2) is 0 Å². The molecule has 0 saturated carbocycles. The van der Waals surface area contributed by atoms with Crippen molar-refractivity contribution < 1.29 is 14.3 Å². The third-order valence-electron chi connectivity index (χ3n) is 4.82. The number of hydrogen-bond donors (Lipinski definition) is 2. The molecule has 1 aromatic rings. The molecule has 28 heavy (non-hydrogen) atoms. The van der Waals surface area contributed by atoms with Crippen LogP contribution in [0.2, 0.25) is 0 Å². The lowest BCUT2D eigenvalue weighted by molar-refractivity contribution is -0.129. The number of anilines is 1. The topological polar surface area (TPSA) is 75.2 Å². The second kappa shape index (κ2) is 11.4. The number of guanidine groups is 1. The SMILES string of the molecule is CCNC(=NCCC(CC)N1CCCC1=O)Nc1ccc(OC)c(OCC)c1. The van der Waals surface area contributed by atoms with Gasteiger partial charge in [-0.2, -0.15) is 0 Å². The molecule has 156 valence electrons. The smallest absolute Gasteiger partial charge is 0.222 e. The zero-order chi connectivity index (χ0) is 20.4. The third-order valence-corrected chi connectivity index (χ3v) is 4.82. The van der Waals surface area contributed by atoms with Gasteiger partial charge in [0.25, 0.3) is 0 Å². The van der Waals surface area contributed by atoms with Gasteiger partial charge >= 0.3 is 0 Å². The van der Waals surface area contributed by atoms with Gasteiger partial charge in [-0.3, -0.25) is 9.79 Å². The lowest BCUT2D eigenvalue weighted by Crippen LogP contribution is -2.36. The van der Waals surface area contributed by atoms with Crippen LogP contribution in [0.15, 0.2) is 23.2 Å². The van der Waals surface area contributed by atoms with Crippen molar-refractivity contribution in [3.63, 3.8) is 0 Å². The molecule has 7 nitrogen and oxygen atoms in total. The van der Waals surface area contributed by atoms with Crippen molar-refractivity contribution in [2.45, 2.75) is 52.5 Å². The number of benzene rings is 1. The van der Waals surface area contributed by atoms with Crippen LogP contribution >= 0.6 is 0 Å². The Morgan fingerprint density at radius 1 is 1.29 bits per heavy atom. The number of amides is 1. The van der Waals surface area contributed by atoms with Crippen LogP contribution in [0.3, 0.4) is 0 Å². The number of nitrogens with one attached hydrogen (secondary N) is 2. The summed E-state index contributed by atoms with van der Waals surface area (Å²) in [5, 5.41) is 6.59. The molecule has 2 rings (SSSR count). The largest absolute Gasteiger partial charge is 0.493 e. The third kappa shape index (κ3) is 6.04. The summed E-state index contributed by atoms with van der Waals surface area (Å²) in [5.74, 6) is 2.40. The van der Waals surface area contributed by atoms with E-state index >= 15 is 0 Å². The Kier molecular flexibility index (Phi) is 8.91. The molecular formula is C21H34N4O3. The molecule has 2 N–H and O–H groups in total. The Balaban J connectivity index is 2.01. The van der Waals surface area contributed by atoms with E-state index in [4.69, 9.17) is 14.5 Å². The molecule has 1 fully saturated rings. The highest BCUT2D eigenvalue weighted by Gasteiger charge is 2.26. The van der Waals surface area contributed by atoms with E-state index in [-0.39, 0.29) is 11.9 Å². The van der Waals surface area contributed by atoms with E-state index in [9.17, 15) is 4.79 Å². The van der Waals surface area contributed by atoms with Crippen LogP contribution in [-0.4, -0.2) is 56.2 Å². The minimum Gasteiger partial charge on any atom is -0.493 e. The molecule has 1 heterocycles. The molecule has 0 aliphatic carbocycles. The Morgan fingerprint density at radius 2 is 2.11 bits per heavy atom. The van der Waals surface area contributed by atoms with Crippen molar-refractivity contribution in [2.24, 2.45) is 4.99 Å². The van der Waals surface area contributed by atoms with Crippen molar-refractivity contribution in [2.75, 3.05) is 38.7 Å². The Labute approximate surface area is 168 Å². The van der Waals surface area contributed by atoms with Gasteiger partial charge in [0.05, 0.1) is 13.7 Å². The van der Waals surface area contributed by atoms with E-state index in [1.54, 1.807) is 7.11 Å². The maximum Gasteiger partial charge on any atom is 0.222 e. The molecule has 1 aliphatic rings. The number of rotatable bonds is 10. The highest BCUT2D eigenvalue weighted by Crippen LogP contribution is 2.30. The minimum atomic E-state index is 0.271. The summed E-state index contributed by atoms with van der Waals surface area (Å²) in [6.07, 6.45) is 3.49. The quantitative estimate of drug-likeness (QED) is 0.474. The molecule has 1 amide bonds. The van der Waals surface area contributed by atoms with Crippen molar-refractivity contribution in [1.29, 1.82) is 0 Å². The molecule has 0 bridgehead atoms. The molecule has 1 saturated heterocycles. The Morgan fingerprint density at radius 3 is 2.71 bits per heavy atom. The Hall–Kier alpha value is -2.44. The number of nitrogens with zero attached hydrogens (tertiary/aromatic N) is 2. The van der Waals surface area contributed by atoms with Crippen LogP contribution in [0.5, 0.6) is 11.5 Å². The van der Waals surface area contributed by atoms with Gasteiger partial charge in [0.2, 0.25) is 5.91 Å². The van der Waals surface area contributed by atoms with Gasteiger partial charge in [0.1, 0.15) is 0 Å². The van der Waals surface area contributed by atoms with E-state index in [0.29, 0.717) is 31.1 Å². The zero-order valence-electron chi connectivity index (χ0n) is 17.6. The summed E-state index contributed by atoms with van der Waals surface area (Å²) in [7, 11) is 1.63. The van der Waals surface area contributed by atoms with Crippen molar-refractivity contribution >= 4 is 17.6 Å². The molecule has 1 aromatic carbocycles. The number of aliphatic imine (C=N–C) groups is 1. The molecule has 0 spiro atoms. The molecular weight excluding hydrogens is 356 g/mol. The number of methoxy groups -OCH3 is 1. The standard InChI is InChI=1S/C21H34N4O3/c1-5-17(25-14-8-9-20(25)26)12-13-23-21(22-6-2)24-16-10-11-18(27-4)19(15-16)28-7-3/h10-11,15,17H,5-9,12-14H2,1-4H3,(H2,22,23,24). The average Bonchev–Trinajstić information content (AvgIpc) is 3.11. The lowest BCUT2D eigenvalue weighted by atomic mass is 10.1. The Bertz CT molecular complexity index is 663. The van der Waals surface area contributed by atoms with Crippen molar-refractivity contribution in [1.82, 2.24) is 10.2 Å². The average molecular weight is 391 g/mol. The van der Waals surface area contributed by atoms with E-state index in [2.05, 4.69) is 17.6 Å². The monoisotopic (exact) mass is 390 g/mol. The predicted octanol–water partition coefficient (Wildman–Crippen LogP) is 3.26. The number of carbonyl (C=O) groups is 1. The summed E-state index contributed by atoms with van der Waals surface area (Å²) in [4.78, 5) is 18.7. The first-order valence-electron chi connectivity index (χ1n) is 10.3. The van der Waals surface area contributed by atoms with Gasteiger partial charge in [-0.15, -0.1) is 0 Å². The van der Waals surface area contributed by atoms with Gasteiger partial charge < -0.3 is 25.0 Å². The van der Waals surface area contributed by atoms with Crippen LogP contribution in [-0.2, 0) is 4.79 Å². The number of carbonyl (C=O) groups excluding carboxylic acids is 1. The van der Waals surface area contributed by atoms with Crippen LogP contribution in [0.25, 0.3) is 0 Å². The first kappa shape index (κ1) is 21.9. The minimum absolute atomic E-state index is 0.271. The zero-order valence-corrected chi connectivity index (χ0v) is 17.6. The predicted molar refractivity (Wildman–Crippen MR) is 113 cm³/mol. The van der Waals surface area contributed by atoms with Crippen LogP contribution in [0, 0.1) is 0 Å². The van der Waals surface area contributed by atoms with Crippen LogP contribution < -0.4 is 20.1 Å². The molecule has 1 atom stereocenters. The lowest BCUT2D eigenvalue weighted by Gasteiger charge is -2.26. The summed E-state index contributed by atoms with van der Waals surface area (Å²) in [6, 6.07) is 5.99. The van der Waals surface area contributed by atoms with Crippen LogP contribution in [0.4, 0.5) is 5.69 Å².